The molecule has 0 aliphatic heterocycles. The Labute approximate surface area is 83.3 Å². The first-order valence-electron chi connectivity index (χ1n) is 4.95. The van der Waals surface area contributed by atoms with Gasteiger partial charge >= 0.3 is 0 Å². The van der Waals surface area contributed by atoms with E-state index in [1.165, 1.54) is 0 Å². The highest BCUT2D eigenvalue weighted by molar-refractivity contribution is 4.94. The van der Waals surface area contributed by atoms with Gasteiger partial charge in [0.2, 0.25) is 5.89 Å². The molecule has 14 heavy (non-hydrogen) atoms. The second kappa shape index (κ2) is 5.72. The standard InChI is InChI=1S/C9H17N3O2/c1-2-3-7(6-10)9-11-8(4-5-13)12-14-9/h7,13H,2-6,10H2,1H3. The predicted molar refractivity (Wildman–Crippen MR) is 51.8 cm³/mol. The van der Waals surface area contributed by atoms with Gasteiger partial charge in [-0.1, -0.05) is 18.5 Å². The van der Waals surface area contributed by atoms with E-state index in [4.69, 9.17) is 15.4 Å². The number of nitrogens with two attached hydrogens (primary N) is 1. The van der Waals surface area contributed by atoms with E-state index in [1.807, 2.05) is 0 Å². The van der Waals surface area contributed by atoms with Gasteiger partial charge in [0.05, 0.1) is 12.5 Å². The van der Waals surface area contributed by atoms with Crippen molar-refractivity contribution in [3.8, 4) is 0 Å². The summed E-state index contributed by atoms with van der Waals surface area (Å²) in [5.74, 6) is 1.30. The molecule has 0 radical (unpaired) electrons. The molecule has 5 nitrogen and oxygen atoms in total. The first-order chi connectivity index (χ1) is 6.81. The van der Waals surface area contributed by atoms with E-state index in [9.17, 15) is 0 Å². The highest BCUT2D eigenvalue weighted by Gasteiger charge is 2.16. The van der Waals surface area contributed by atoms with Crippen LogP contribution in [0.15, 0.2) is 4.52 Å². The average molecular weight is 199 g/mol. The summed E-state index contributed by atoms with van der Waals surface area (Å²) in [4.78, 5) is 4.17. The van der Waals surface area contributed by atoms with Crippen LogP contribution in [0.4, 0.5) is 0 Å². The Morgan fingerprint density at radius 3 is 2.93 bits per heavy atom. The summed E-state index contributed by atoms with van der Waals surface area (Å²) in [5, 5.41) is 12.4. The van der Waals surface area contributed by atoms with Crippen LogP contribution in [0.5, 0.6) is 0 Å². The molecule has 1 aromatic heterocycles. The van der Waals surface area contributed by atoms with Crippen LogP contribution < -0.4 is 5.73 Å². The minimum Gasteiger partial charge on any atom is -0.396 e. The van der Waals surface area contributed by atoms with Gasteiger partial charge in [-0.3, -0.25) is 0 Å². The third-order valence-electron chi connectivity index (χ3n) is 2.09. The maximum Gasteiger partial charge on any atom is 0.231 e. The summed E-state index contributed by atoms with van der Waals surface area (Å²) in [6.45, 7) is 2.66. The van der Waals surface area contributed by atoms with Crippen LogP contribution >= 0.6 is 0 Å². The van der Waals surface area contributed by atoms with Crippen molar-refractivity contribution < 1.29 is 9.63 Å². The van der Waals surface area contributed by atoms with Gasteiger partial charge < -0.3 is 15.4 Å². The Balaban J connectivity index is 2.63. The number of nitrogens with zero attached hydrogens (tertiary/aromatic N) is 2. The van der Waals surface area contributed by atoms with Gasteiger partial charge in [0.25, 0.3) is 0 Å². The van der Waals surface area contributed by atoms with E-state index in [2.05, 4.69) is 17.1 Å². The Hall–Kier alpha value is -0.940. The normalized spacial score (nSPS) is 13.1. The second-order valence-electron chi connectivity index (χ2n) is 3.24. The number of aliphatic hydroxyl groups is 1. The van der Waals surface area contributed by atoms with E-state index in [-0.39, 0.29) is 12.5 Å². The third kappa shape index (κ3) is 2.78. The van der Waals surface area contributed by atoms with E-state index < -0.39 is 0 Å². The van der Waals surface area contributed by atoms with Gasteiger partial charge in [0.1, 0.15) is 0 Å². The van der Waals surface area contributed by atoms with Crippen LogP contribution in [0, 0.1) is 0 Å². The SMILES string of the molecule is CCCC(CN)c1nc(CCO)no1. The molecule has 1 unspecified atom stereocenters. The topological polar surface area (TPSA) is 85.2 Å². The van der Waals surface area contributed by atoms with Crippen LogP contribution in [-0.2, 0) is 6.42 Å². The third-order valence-corrected chi connectivity index (χ3v) is 2.09. The molecule has 0 bridgehead atoms. The van der Waals surface area contributed by atoms with Crippen molar-refractivity contribution in [1.29, 1.82) is 0 Å². The molecule has 0 saturated carbocycles. The lowest BCUT2D eigenvalue weighted by Crippen LogP contribution is -2.12. The zero-order valence-corrected chi connectivity index (χ0v) is 8.44. The number of hydrogen-bond donors (Lipinski definition) is 2. The summed E-state index contributed by atoms with van der Waals surface area (Å²) < 4.78 is 5.07. The first-order valence-corrected chi connectivity index (χ1v) is 4.95. The highest BCUT2D eigenvalue weighted by Crippen LogP contribution is 2.17. The van der Waals surface area contributed by atoms with Crippen LogP contribution in [0.3, 0.4) is 0 Å². The van der Waals surface area contributed by atoms with Gasteiger partial charge in [0.15, 0.2) is 5.82 Å². The van der Waals surface area contributed by atoms with E-state index in [1.54, 1.807) is 0 Å². The summed E-state index contributed by atoms with van der Waals surface area (Å²) >= 11 is 0. The van der Waals surface area contributed by atoms with Crippen LogP contribution in [0.2, 0.25) is 0 Å². The molecule has 1 heterocycles. The fourth-order valence-electron chi connectivity index (χ4n) is 1.33. The molecular formula is C9H17N3O2. The summed E-state index contributed by atoms with van der Waals surface area (Å²) in [6.07, 6.45) is 2.43. The molecular weight excluding hydrogens is 182 g/mol. The maximum atomic E-state index is 8.68. The molecule has 0 spiro atoms. The molecule has 1 aromatic rings. The molecule has 0 aliphatic rings. The largest absolute Gasteiger partial charge is 0.396 e. The van der Waals surface area contributed by atoms with Crippen molar-refractivity contribution in [3.05, 3.63) is 11.7 Å². The zero-order chi connectivity index (χ0) is 10.4. The first kappa shape index (κ1) is 11.1. The van der Waals surface area contributed by atoms with Crippen molar-refractivity contribution >= 4 is 0 Å². The Morgan fingerprint density at radius 1 is 1.57 bits per heavy atom. The molecule has 1 rings (SSSR count). The highest BCUT2D eigenvalue weighted by atomic mass is 16.5. The molecule has 80 valence electrons. The molecule has 5 heteroatoms. The fourth-order valence-corrected chi connectivity index (χ4v) is 1.33. The molecule has 0 saturated heterocycles. The van der Waals surface area contributed by atoms with Gasteiger partial charge in [-0.15, -0.1) is 0 Å². The monoisotopic (exact) mass is 199 g/mol. The van der Waals surface area contributed by atoms with E-state index in [0.29, 0.717) is 24.7 Å². The van der Waals surface area contributed by atoms with Crippen molar-refractivity contribution in [2.75, 3.05) is 13.2 Å². The van der Waals surface area contributed by atoms with Crippen LogP contribution in [0.25, 0.3) is 0 Å². The summed E-state index contributed by atoms with van der Waals surface area (Å²) in [7, 11) is 0. The number of aliphatic hydroxyl groups excluding tert-OH is 1. The minimum absolute atomic E-state index is 0.0417. The lowest BCUT2D eigenvalue weighted by atomic mass is 10.0. The number of hydrogen-bond acceptors (Lipinski definition) is 5. The quantitative estimate of drug-likeness (QED) is 0.694. The molecule has 0 amide bonds. The average Bonchev–Trinajstić information content (AvgIpc) is 2.63. The maximum absolute atomic E-state index is 8.68. The van der Waals surface area contributed by atoms with Gasteiger partial charge in [-0.2, -0.15) is 4.98 Å². The smallest absolute Gasteiger partial charge is 0.231 e. The number of aromatic nitrogens is 2. The summed E-state index contributed by atoms with van der Waals surface area (Å²) in [6, 6.07) is 0. The van der Waals surface area contributed by atoms with Crippen molar-refractivity contribution in [3.63, 3.8) is 0 Å². The predicted octanol–water partition coefficient (Wildman–Crippen LogP) is 0.447. The van der Waals surface area contributed by atoms with Crippen LogP contribution in [0.1, 0.15) is 37.4 Å². The Morgan fingerprint density at radius 2 is 2.36 bits per heavy atom. The molecule has 0 aliphatic carbocycles. The molecule has 3 N–H and O–H groups in total. The molecule has 1 atom stereocenters. The van der Waals surface area contributed by atoms with Gasteiger partial charge in [-0.25, -0.2) is 0 Å². The zero-order valence-electron chi connectivity index (χ0n) is 8.44. The lowest BCUT2D eigenvalue weighted by molar-refractivity contribution is 0.292. The summed E-state index contributed by atoms with van der Waals surface area (Å²) in [5.41, 5.74) is 5.60. The van der Waals surface area contributed by atoms with Gasteiger partial charge in [-0.05, 0) is 6.42 Å². The fraction of sp³-hybridized carbons (Fsp3) is 0.778. The Bertz CT molecular complexity index is 262. The van der Waals surface area contributed by atoms with Crippen LogP contribution in [-0.4, -0.2) is 28.4 Å². The van der Waals surface area contributed by atoms with Gasteiger partial charge in [0, 0.05) is 13.0 Å². The minimum atomic E-state index is 0.0417. The van der Waals surface area contributed by atoms with Crippen molar-refractivity contribution in [2.45, 2.75) is 32.1 Å². The number of rotatable bonds is 6. The van der Waals surface area contributed by atoms with Crippen molar-refractivity contribution in [1.82, 2.24) is 10.1 Å². The van der Waals surface area contributed by atoms with E-state index >= 15 is 0 Å². The second-order valence-corrected chi connectivity index (χ2v) is 3.24. The Kier molecular flexibility index (Phi) is 4.55. The van der Waals surface area contributed by atoms with E-state index in [0.717, 1.165) is 12.8 Å². The van der Waals surface area contributed by atoms with Crippen molar-refractivity contribution in [2.24, 2.45) is 5.73 Å². The molecule has 0 aromatic carbocycles. The molecule has 0 fully saturated rings. The lowest BCUT2D eigenvalue weighted by Gasteiger charge is -2.06.